The van der Waals surface area contributed by atoms with Gasteiger partial charge < -0.3 is 5.32 Å². The second-order valence-electron chi connectivity index (χ2n) is 5.80. The minimum absolute atomic E-state index is 0.345. The third kappa shape index (κ3) is 4.59. The van der Waals surface area contributed by atoms with Crippen molar-refractivity contribution in [3.8, 4) is 0 Å². The Hall–Kier alpha value is -0.0900. The molecule has 1 nitrogen and oxygen atoms in total. The summed E-state index contributed by atoms with van der Waals surface area (Å²) < 4.78 is 1.29. The summed E-state index contributed by atoms with van der Waals surface area (Å²) in [5.41, 5.74) is 1.71. The van der Waals surface area contributed by atoms with Gasteiger partial charge in [-0.25, -0.2) is 0 Å². The molecule has 2 heteroatoms. The van der Waals surface area contributed by atoms with E-state index in [4.69, 9.17) is 0 Å². The highest BCUT2D eigenvalue weighted by molar-refractivity contribution is 14.1. The Labute approximate surface area is 120 Å². The molecule has 0 saturated heterocycles. The molecule has 1 aromatic carbocycles. The molecule has 17 heavy (non-hydrogen) atoms. The molecule has 0 bridgehead atoms. The molecule has 0 saturated carbocycles. The molecule has 0 amide bonds. The third-order valence-electron chi connectivity index (χ3n) is 3.80. The molecule has 0 aliphatic heterocycles. The third-order valence-corrected chi connectivity index (χ3v) is 4.52. The van der Waals surface area contributed by atoms with Gasteiger partial charge in [-0.05, 0) is 58.5 Å². The summed E-state index contributed by atoms with van der Waals surface area (Å²) in [6, 6.07) is 9.18. The van der Waals surface area contributed by atoms with Crippen LogP contribution in [0.25, 0.3) is 0 Å². The summed E-state index contributed by atoms with van der Waals surface area (Å²) in [7, 11) is 0. The smallest absolute Gasteiger partial charge is 0.0292 e. The molecule has 1 N–H and O–H groups in total. The summed E-state index contributed by atoms with van der Waals surface area (Å²) in [5, 5.41) is 3.64. The first kappa shape index (κ1) is 15.0. The van der Waals surface area contributed by atoms with Crippen LogP contribution in [-0.2, 0) is 0 Å². The maximum absolute atomic E-state index is 3.64. The molecule has 0 heterocycles. The maximum atomic E-state index is 3.64. The molecule has 0 aliphatic rings. The lowest BCUT2D eigenvalue weighted by molar-refractivity contribution is 0.230. The molecule has 0 aliphatic carbocycles. The average Bonchev–Trinajstić information content (AvgIpc) is 2.27. The Balaban J connectivity index is 2.55. The monoisotopic (exact) mass is 345 g/mol. The van der Waals surface area contributed by atoms with Crippen LogP contribution >= 0.6 is 22.6 Å². The maximum Gasteiger partial charge on any atom is 0.0292 e. The fraction of sp³-hybridized carbons (Fsp3) is 0.600. The zero-order chi connectivity index (χ0) is 13.1. The summed E-state index contributed by atoms with van der Waals surface area (Å²) in [6.07, 6.45) is 0. The highest BCUT2D eigenvalue weighted by Gasteiger charge is 2.22. The van der Waals surface area contributed by atoms with Gasteiger partial charge in [0.1, 0.15) is 0 Å². The molecule has 1 atom stereocenters. The first-order chi connectivity index (χ1) is 7.83. The number of hydrogen-bond donors (Lipinski definition) is 1. The van der Waals surface area contributed by atoms with Crippen molar-refractivity contribution < 1.29 is 0 Å². The SMILES string of the molecule is CC(NCC(C)(C)C(C)C)c1ccc(I)cc1. The molecule has 1 unspecified atom stereocenters. The van der Waals surface area contributed by atoms with Crippen LogP contribution < -0.4 is 5.32 Å². The summed E-state index contributed by atoms with van der Waals surface area (Å²) in [6.45, 7) is 12.5. The van der Waals surface area contributed by atoms with E-state index < -0.39 is 0 Å². The molecular formula is C15H24IN. The van der Waals surface area contributed by atoms with Crippen molar-refractivity contribution >= 4 is 22.6 Å². The van der Waals surface area contributed by atoms with Crippen molar-refractivity contribution in [2.75, 3.05) is 6.54 Å². The van der Waals surface area contributed by atoms with Crippen LogP contribution in [0.2, 0.25) is 0 Å². The number of hydrogen-bond acceptors (Lipinski definition) is 1. The van der Waals surface area contributed by atoms with E-state index >= 15 is 0 Å². The lowest BCUT2D eigenvalue weighted by Gasteiger charge is -2.31. The predicted octanol–water partition coefficient (Wildman–Crippen LogP) is 4.62. The quantitative estimate of drug-likeness (QED) is 0.768. The molecule has 0 aromatic heterocycles. The normalized spacial score (nSPS) is 14.1. The van der Waals surface area contributed by atoms with Crippen LogP contribution in [0, 0.1) is 14.9 Å². The molecule has 0 fully saturated rings. The van der Waals surface area contributed by atoms with Gasteiger partial charge >= 0.3 is 0 Å². The summed E-state index contributed by atoms with van der Waals surface area (Å²) in [5.74, 6) is 0.693. The predicted molar refractivity (Wildman–Crippen MR) is 84.2 cm³/mol. The van der Waals surface area contributed by atoms with E-state index in [-0.39, 0.29) is 0 Å². The highest BCUT2D eigenvalue weighted by atomic mass is 127. The lowest BCUT2D eigenvalue weighted by atomic mass is 9.81. The van der Waals surface area contributed by atoms with Crippen LogP contribution in [-0.4, -0.2) is 6.54 Å². The fourth-order valence-electron chi connectivity index (χ4n) is 1.49. The first-order valence-electron chi connectivity index (χ1n) is 6.32. The number of rotatable bonds is 5. The van der Waals surface area contributed by atoms with Gasteiger partial charge in [-0.1, -0.05) is 39.8 Å². The van der Waals surface area contributed by atoms with E-state index in [1.165, 1.54) is 9.13 Å². The average molecular weight is 345 g/mol. The zero-order valence-corrected chi connectivity index (χ0v) is 13.7. The molecular weight excluding hydrogens is 321 g/mol. The molecule has 1 rings (SSSR count). The van der Waals surface area contributed by atoms with E-state index in [9.17, 15) is 0 Å². The van der Waals surface area contributed by atoms with Crippen LogP contribution in [0.15, 0.2) is 24.3 Å². The van der Waals surface area contributed by atoms with Gasteiger partial charge in [-0.2, -0.15) is 0 Å². The zero-order valence-electron chi connectivity index (χ0n) is 11.5. The summed E-state index contributed by atoms with van der Waals surface area (Å²) in [4.78, 5) is 0. The lowest BCUT2D eigenvalue weighted by Crippen LogP contribution is -2.34. The van der Waals surface area contributed by atoms with Crippen molar-refractivity contribution in [3.63, 3.8) is 0 Å². The van der Waals surface area contributed by atoms with Gasteiger partial charge in [0.05, 0.1) is 0 Å². The van der Waals surface area contributed by atoms with Gasteiger partial charge in [0.2, 0.25) is 0 Å². The molecule has 0 radical (unpaired) electrons. The van der Waals surface area contributed by atoms with Crippen LogP contribution in [0.4, 0.5) is 0 Å². The van der Waals surface area contributed by atoms with E-state index in [1.807, 2.05) is 0 Å². The van der Waals surface area contributed by atoms with Crippen LogP contribution in [0.3, 0.4) is 0 Å². The number of halogens is 1. The second kappa shape index (κ2) is 6.19. The Kier molecular flexibility index (Phi) is 5.45. The minimum atomic E-state index is 0.345. The van der Waals surface area contributed by atoms with Gasteiger partial charge in [-0.15, -0.1) is 0 Å². The Morgan fingerprint density at radius 3 is 2.12 bits per heavy atom. The summed E-state index contributed by atoms with van der Waals surface area (Å²) >= 11 is 2.34. The van der Waals surface area contributed by atoms with Gasteiger partial charge in [-0.3, -0.25) is 0 Å². The van der Waals surface area contributed by atoms with Crippen molar-refractivity contribution in [1.82, 2.24) is 5.32 Å². The van der Waals surface area contributed by atoms with E-state index in [0.29, 0.717) is 17.4 Å². The van der Waals surface area contributed by atoms with Crippen molar-refractivity contribution in [2.24, 2.45) is 11.3 Å². The standard InChI is InChI=1S/C15H24IN/c1-11(2)15(4,5)10-17-12(3)13-6-8-14(16)9-7-13/h6-9,11-12,17H,10H2,1-5H3. The minimum Gasteiger partial charge on any atom is -0.310 e. The topological polar surface area (TPSA) is 12.0 Å². The molecule has 0 spiro atoms. The largest absolute Gasteiger partial charge is 0.310 e. The highest BCUT2D eigenvalue weighted by Crippen LogP contribution is 2.26. The van der Waals surface area contributed by atoms with Gasteiger partial charge in [0.25, 0.3) is 0 Å². The molecule has 1 aromatic rings. The van der Waals surface area contributed by atoms with E-state index in [2.05, 4.69) is 86.8 Å². The first-order valence-corrected chi connectivity index (χ1v) is 7.39. The Morgan fingerprint density at radius 2 is 1.65 bits per heavy atom. The van der Waals surface area contributed by atoms with Crippen LogP contribution in [0.1, 0.15) is 46.2 Å². The van der Waals surface area contributed by atoms with Crippen LogP contribution in [0.5, 0.6) is 0 Å². The van der Waals surface area contributed by atoms with Crippen molar-refractivity contribution in [3.05, 3.63) is 33.4 Å². The fourth-order valence-corrected chi connectivity index (χ4v) is 1.85. The second-order valence-corrected chi connectivity index (χ2v) is 7.04. The Bertz CT molecular complexity index is 340. The van der Waals surface area contributed by atoms with E-state index in [0.717, 1.165) is 6.54 Å². The van der Waals surface area contributed by atoms with E-state index in [1.54, 1.807) is 0 Å². The van der Waals surface area contributed by atoms with Gasteiger partial charge in [0.15, 0.2) is 0 Å². The number of benzene rings is 1. The van der Waals surface area contributed by atoms with Gasteiger partial charge in [0, 0.05) is 16.2 Å². The molecule has 96 valence electrons. The van der Waals surface area contributed by atoms with Crippen molar-refractivity contribution in [2.45, 2.75) is 40.7 Å². The van der Waals surface area contributed by atoms with Crippen molar-refractivity contribution in [1.29, 1.82) is 0 Å². The number of nitrogens with one attached hydrogen (secondary N) is 1. The Morgan fingerprint density at radius 1 is 1.12 bits per heavy atom.